The number of carbonyl (C=O) groups is 1. The van der Waals surface area contributed by atoms with Gasteiger partial charge in [0.1, 0.15) is 11.7 Å². The molecule has 2 rings (SSSR count). The van der Waals surface area contributed by atoms with Crippen LogP contribution in [0.25, 0.3) is 0 Å². The van der Waals surface area contributed by atoms with Crippen molar-refractivity contribution in [2.45, 2.75) is 19.8 Å². The van der Waals surface area contributed by atoms with E-state index in [1.54, 1.807) is 19.2 Å². The molecule has 0 amide bonds. The summed E-state index contributed by atoms with van der Waals surface area (Å²) in [6, 6.07) is 11.2. The quantitative estimate of drug-likeness (QED) is 0.801. The van der Waals surface area contributed by atoms with Crippen LogP contribution in [-0.2, 0) is 0 Å². The van der Waals surface area contributed by atoms with Gasteiger partial charge in [0.05, 0.1) is 18.1 Å². The van der Waals surface area contributed by atoms with Gasteiger partial charge in [-0.05, 0) is 43.2 Å². The minimum atomic E-state index is -0.789. The van der Waals surface area contributed by atoms with E-state index in [2.05, 4.69) is 6.07 Å². The van der Waals surface area contributed by atoms with Crippen LogP contribution in [0.4, 0.5) is 0 Å². The van der Waals surface area contributed by atoms with Crippen molar-refractivity contribution in [1.82, 2.24) is 0 Å². The van der Waals surface area contributed by atoms with Crippen molar-refractivity contribution in [2.24, 2.45) is 0 Å². The van der Waals surface area contributed by atoms with E-state index in [9.17, 15) is 10.1 Å². The van der Waals surface area contributed by atoms with Gasteiger partial charge in [-0.15, -0.1) is 11.3 Å². The maximum absolute atomic E-state index is 12.4. The van der Waals surface area contributed by atoms with Gasteiger partial charge in [0.15, 0.2) is 5.78 Å². The maximum Gasteiger partial charge on any atom is 0.194 e. The highest BCUT2D eigenvalue weighted by molar-refractivity contribution is 7.14. The second kappa shape index (κ2) is 5.89. The highest BCUT2D eigenvalue weighted by Crippen LogP contribution is 2.28. The summed E-state index contributed by atoms with van der Waals surface area (Å²) in [7, 11) is 1.58. The number of aryl methyl sites for hydroxylation is 2. The monoisotopic (exact) mass is 285 g/mol. The molecule has 0 radical (unpaired) electrons. The van der Waals surface area contributed by atoms with Gasteiger partial charge in [-0.25, -0.2) is 0 Å². The van der Waals surface area contributed by atoms with E-state index in [0.717, 1.165) is 10.4 Å². The number of ketones is 1. The third kappa shape index (κ3) is 2.73. The Morgan fingerprint density at radius 1 is 1.30 bits per heavy atom. The van der Waals surface area contributed by atoms with E-state index in [1.807, 2.05) is 32.0 Å². The molecule has 1 heterocycles. The minimum Gasteiger partial charge on any atom is -0.496 e. The van der Waals surface area contributed by atoms with E-state index in [1.165, 1.54) is 11.3 Å². The first kappa shape index (κ1) is 14.3. The van der Waals surface area contributed by atoms with Crippen molar-refractivity contribution < 1.29 is 9.53 Å². The Hall–Kier alpha value is -2.12. The molecular formula is C16H15NO2S. The van der Waals surface area contributed by atoms with Gasteiger partial charge in [0, 0.05) is 4.88 Å². The predicted molar refractivity (Wildman–Crippen MR) is 79.5 cm³/mol. The fraction of sp³-hybridized carbons (Fsp3) is 0.250. The SMILES string of the molecule is COc1cc(C(C#N)C(=O)c2ccc(C)s2)ccc1C. The predicted octanol–water partition coefficient (Wildman–Crippen LogP) is 3.86. The largest absolute Gasteiger partial charge is 0.496 e. The first-order chi connectivity index (χ1) is 9.56. The third-order valence-corrected chi connectivity index (χ3v) is 4.16. The molecule has 0 saturated heterocycles. The van der Waals surface area contributed by atoms with E-state index in [4.69, 9.17) is 4.74 Å². The van der Waals surface area contributed by atoms with Crippen LogP contribution in [0.3, 0.4) is 0 Å². The number of thiophene rings is 1. The Morgan fingerprint density at radius 2 is 2.05 bits per heavy atom. The summed E-state index contributed by atoms with van der Waals surface area (Å²) < 4.78 is 5.25. The molecule has 20 heavy (non-hydrogen) atoms. The molecule has 0 aliphatic carbocycles. The van der Waals surface area contributed by atoms with Gasteiger partial charge in [0.25, 0.3) is 0 Å². The molecule has 0 fully saturated rings. The molecule has 2 aromatic rings. The van der Waals surface area contributed by atoms with Crippen LogP contribution >= 0.6 is 11.3 Å². The zero-order chi connectivity index (χ0) is 14.7. The van der Waals surface area contributed by atoms with Crippen LogP contribution in [0.1, 0.15) is 31.6 Å². The van der Waals surface area contributed by atoms with Crippen molar-refractivity contribution in [2.75, 3.05) is 7.11 Å². The normalized spacial score (nSPS) is 11.7. The molecule has 1 aromatic carbocycles. The Bertz CT molecular complexity index is 682. The van der Waals surface area contributed by atoms with Crippen molar-refractivity contribution in [3.05, 3.63) is 51.2 Å². The summed E-state index contributed by atoms with van der Waals surface area (Å²) in [6.45, 7) is 3.87. The number of nitrogens with zero attached hydrogens (tertiary/aromatic N) is 1. The highest BCUT2D eigenvalue weighted by atomic mass is 32.1. The van der Waals surface area contributed by atoms with E-state index in [-0.39, 0.29) is 5.78 Å². The van der Waals surface area contributed by atoms with Crippen molar-refractivity contribution in [3.8, 4) is 11.8 Å². The lowest BCUT2D eigenvalue weighted by Gasteiger charge is -2.11. The molecule has 102 valence electrons. The average molecular weight is 285 g/mol. The number of ether oxygens (including phenoxy) is 1. The minimum absolute atomic E-state index is 0.156. The van der Waals surface area contributed by atoms with E-state index >= 15 is 0 Å². The van der Waals surface area contributed by atoms with Crippen LogP contribution in [-0.4, -0.2) is 12.9 Å². The van der Waals surface area contributed by atoms with Gasteiger partial charge < -0.3 is 4.74 Å². The summed E-state index contributed by atoms with van der Waals surface area (Å²) in [4.78, 5) is 14.1. The molecule has 0 spiro atoms. The fourth-order valence-electron chi connectivity index (χ4n) is 2.01. The summed E-state index contributed by atoms with van der Waals surface area (Å²) >= 11 is 1.42. The summed E-state index contributed by atoms with van der Waals surface area (Å²) in [5.41, 5.74) is 1.65. The van der Waals surface area contributed by atoms with Gasteiger partial charge in [-0.1, -0.05) is 12.1 Å². The summed E-state index contributed by atoms with van der Waals surface area (Å²) in [5, 5.41) is 9.34. The average Bonchev–Trinajstić information content (AvgIpc) is 2.88. The Balaban J connectivity index is 2.38. The molecule has 1 atom stereocenters. The maximum atomic E-state index is 12.4. The lowest BCUT2D eigenvalue weighted by molar-refractivity contribution is 0.0983. The van der Waals surface area contributed by atoms with Gasteiger partial charge in [-0.3, -0.25) is 4.79 Å². The standard InChI is InChI=1S/C16H15NO2S/c1-10-4-6-12(8-14(10)19-3)13(9-17)16(18)15-7-5-11(2)20-15/h4-8,13H,1-3H3. The number of carbonyl (C=O) groups excluding carboxylic acids is 1. The Labute approximate surface area is 122 Å². The number of methoxy groups -OCH3 is 1. The lowest BCUT2D eigenvalue weighted by Crippen LogP contribution is -2.10. The van der Waals surface area contributed by atoms with Crippen molar-refractivity contribution in [1.29, 1.82) is 5.26 Å². The molecule has 0 saturated carbocycles. The van der Waals surface area contributed by atoms with E-state index < -0.39 is 5.92 Å². The van der Waals surface area contributed by atoms with Crippen molar-refractivity contribution in [3.63, 3.8) is 0 Å². The topological polar surface area (TPSA) is 50.1 Å². The van der Waals surface area contributed by atoms with Crippen LogP contribution in [0.5, 0.6) is 5.75 Å². The molecular weight excluding hydrogens is 270 g/mol. The molecule has 4 heteroatoms. The zero-order valence-electron chi connectivity index (χ0n) is 11.6. The van der Waals surface area contributed by atoms with E-state index in [0.29, 0.717) is 16.2 Å². The molecule has 0 aliphatic rings. The number of Topliss-reactive ketones (excluding diaryl/α,β-unsaturated/α-hetero) is 1. The van der Waals surface area contributed by atoms with Gasteiger partial charge in [0.2, 0.25) is 0 Å². The highest BCUT2D eigenvalue weighted by Gasteiger charge is 2.23. The molecule has 1 aromatic heterocycles. The number of nitriles is 1. The second-order valence-corrected chi connectivity index (χ2v) is 5.85. The number of hydrogen-bond acceptors (Lipinski definition) is 4. The zero-order valence-corrected chi connectivity index (χ0v) is 12.5. The van der Waals surface area contributed by atoms with Gasteiger partial charge >= 0.3 is 0 Å². The number of hydrogen-bond donors (Lipinski definition) is 0. The number of benzene rings is 1. The van der Waals surface area contributed by atoms with Gasteiger partial charge in [-0.2, -0.15) is 5.26 Å². The van der Waals surface area contributed by atoms with Crippen LogP contribution in [0.15, 0.2) is 30.3 Å². The number of rotatable bonds is 4. The first-order valence-electron chi connectivity index (χ1n) is 6.21. The smallest absolute Gasteiger partial charge is 0.194 e. The molecule has 1 unspecified atom stereocenters. The Morgan fingerprint density at radius 3 is 2.60 bits per heavy atom. The van der Waals surface area contributed by atoms with Crippen LogP contribution < -0.4 is 4.74 Å². The molecule has 0 N–H and O–H groups in total. The van der Waals surface area contributed by atoms with Crippen LogP contribution in [0.2, 0.25) is 0 Å². The summed E-state index contributed by atoms with van der Waals surface area (Å²) in [6.07, 6.45) is 0. The summed E-state index contributed by atoms with van der Waals surface area (Å²) in [5.74, 6) is -0.253. The molecule has 0 bridgehead atoms. The Kier molecular flexibility index (Phi) is 4.21. The van der Waals surface area contributed by atoms with Crippen LogP contribution in [0, 0.1) is 25.2 Å². The van der Waals surface area contributed by atoms with Crippen molar-refractivity contribution >= 4 is 17.1 Å². The second-order valence-electron chi connectivity index (χ2n) is 4.57. The molecule has 3 nitrogen and oxygen atoms in total. The molecule has 0 aliphatic heterocycles. The lowest BCUT2D eigenvalue weighted by atomic mass is 9.94. The third-order valence-electron chi connectivity index (χ3n) is 3.14. The fourth-order valence-corrected chi connectivity index (χ4v) is 2.85. The first-order valence-corrected chi connectivity index (χ1v) is 7.03.